The number of ether oxygens (including phenoxy) is 1. The smallest absolute Gasteiger partial charge is 0.244 e. The Morgan fingerprint density at radius 2 is 1.93 bits per heavy atom. The van der Waals surface area contributed by atoms with Crippen LogP contribution in [-0.4, -0.2) is 22.1 Å². The van der Waals surface area contributed by atoms with Crippen LogP contribution in [0.1, 0.15) is 19.7 Å². The second-order valence-electron chi connectivity index (χ2n) is 6.41. The fourth-order valence-electron chi connectivity index (χ4n) is 2.77. The molecular formula is C21H22ClN3O2. The van der Waals surface area contributed by atoms with Crippen LogP contribution in [0.5, 0.6) is 5.75 Å². The molecule has 0 radical (unpaired) electrons. The first-order chi connectivity index (χ1) is 13.0. The highest BCUT2D eigenvalue weighted by molar-refractivity contribution is 6.30. The van der Waals surface area contributed by atoms with Gasteiger partial charge in [0, 0.05) is 11.1 Å². The van der Waals surface area contributed by atoms with Crippen LogP contribution in [0.2, 0.25) is 5.02 Å². The zero-order valence-corrected chi connectivity index (χ0v) is 16.2. The third kappa shape index (κ3) is 5.11. The number of carbonyl (C=O) groups is 1. The molecule has 1 N–H and O–H groups in total. The van der Waals surface area contributed by atoms with Gasteiger partial charge in [0.15, 0.2) is 0 Å². The maximum Gasteiger partial charge on any atom is 0.244 e. The fourth-order valence-corrected chi connectivity index (χ4v) is 2.90. The van der Waals surface area contributed by atoms with Crippen LogP contribution in [0.3, 0.4) is 0 Å². The number of nitrogens with zero attached hydrogens (tertiary/aromatic N) is 2. The lowest BCUT2D eigenvalue weighted by Crippen LogP contribution is -2.23. The SMILES string of the molecule is CC(C)=CC(=O)NCc1nc2ccccc2n1CCOc1ccc(Cl)cc1. The van der Waals surface area contributed by atoms with E-state index in [0.717, 1.165) is 28.2 Å². The van der Waals surface area contributed by atoms with Crippen LogP contribution in [0.25, 0.3) is 11.0 Å². The van der Waals surface area contributed by atoms with Crippen molar-refractivity contribution in [2.75, 3.05) is 6.61 Å². The van der Waals surface area contributed by atoms with E-state index in [1.807, 2.05) is 50.2 Å². The summed E-state index contributed by atoms with van der Waals surface area (Å²) >= 11 is 5.90. The molecule has 0 atom stereocenters. The molecule has 140 valence electrons. The van der Waals surface area contributed by atoms with Crippen molar-refractivity contribution >= 4 is 28.5 Å². The molecule has 0 bridgehead atoms. The molecule has 1 heterocycles. The third-order valence-electron chi connectivity index (χ3n) is 3.97. The Kier molecular flexibility index (Phi) is 6.14. The summed E-state index contributed by atoms with van der Waals surface area (Å²) in [6.45, 7) is 5.25. The van der Waals surface area contributed by atoms with E-state index in [1.54, 1.807) is 18.2 Å². The van der Waals surface area contributed by atoms with Crippen molar-refractivity contribution in [2.45, 2.75) is 26.9 Å². The van der Waals surface area contributed by atoms with E-state index in [0.29, 0.717) is 24.7 Å². The highest BCUT2D eigenvalue weighted by Crippen LogP contribution is 2.18. The first-order valence-corrected chi connectivity index (χ1v) is 9.16. The van der Waals surface area contributed by atoms with E-state index in [-0.39, 0.29) is 5.91 Å². The molecule has 0 fully saturated rings. The number of hydrogen-bond donors (Lipinski definition) is 1. The summed E-state index contributed by atoms with van der Waals surface area (Å²) in [5.74, 6) is 1.44. The number of aromatic nitrogens is 2. The molecule has 0 aliphatic rings. The Hall–Kier alpha value is -2.79. The number of allylic oxidation sites excluding steroid dienone is 1. The van der Waals surface area contributed by atoms with Crippen molar-refractivity contribution in [3.8, 4) is 5.75 Å². The van der Waals surface area contributed by atoms with Gasteiger partial charge in [-0.3, -0.25) is 4.79 Å². The molecule has 1 aromatic heterocycles. The van der Waals surface area contributed by atoms with Gasteiger partial charge in [-0.15, -0.1) is 0 Å². The van der Waals surface area contributed by atoms with Gasteiger partial charge in [0.1, 0.15) is 18.2 Å². The molecule has 0 aliphatic carbocycles. The summed E-state index contributed by atoms with van der Waals surface area (Å²) in [6, 6.07) is 15.2. The van der Waals surface area contributed by atoms with Crippen LogP contribution in [-0.2, 0) is 17.9 Å². The van der Waals surface area contributed by atoms with E-state index >= 15 is 0 Å². The van der Waals surface area contributed by atoms with Crippen LogP contribution in [0, 0.1) is 0 Å². The lowest BCUT2D eigenvalue weighted by Gasteiger charge is -2.11. The molecule has 1 amide bonds. The van der Waals surface area contributed by atoms with Crippen molar-refractivity contribution in [2.24, 2.45) is 0 Å². The summed E-state index contributed by atoms with van der Waals surface area (Å²) in [5.41, 5.74) is 2.87. The number of fused-ring (bicyclic) bond motifs is 1. The molecular weight excluding hydrogens is 362 g/mol. The highest BCUT2D eigenvalue weighted by Gasteiger charge is 2.11. The number of nitrogens with one attached hydrogen (secondary N) is 1. The lowest BCUT2D eigenvalue weighted by atomic mass is 10.3. The fraction of sp³-hybridized carbons (Fsp3) is 0.238. The minimum absolute atomic E-state index is 0.119. The number of hydrogen-bond acceptors (Lipinski definition) is 3. The molecule has 27 heavy (non-hydrogen) atoms. The lowest BCUT2D eigenvalue weighted by molar-refractivity contribution is -0.116. The van der Waals surface area contributed by atoms with E-state index < -0.39 is 0 Å². The minimum Gasteiger partial charge on any atom is -0.492 e. The topological polar surface area (TPSA) is 56.2 Å². The van der Waals surface area contributed by atoms with Gasteiger partial charge in [-0.05, 0) is 50.2 Å². The maximum absolute atomic E-state index is 11.9. The summed E-state index contributed by atoms with van der Waals surface area (Å²) in [5, 5.41) is 3.57. The second-order valence-corrected chi connectivity index (χ2v) is 6.85. The van der Waals surface area contributed by atoms with E-state index in [1.165, 1.54) is 0 Å². The summed E-state index contributed by atoms with van der Waals surface area (Å²) in [4.78, 5) is 16.6. The minimum atomic E-state index is -0.119. The molecule has 3 rings (SSSR count). The van der Waals surface area contributed by atoms with Gasteiger partial charge in [0.2, 0.25) is 5.91 Å². The zero-order valence-electron chi connectivity index (χ0n) is 15.4. The van der Waals surface area contributed by atoms with Gasteiger partial charge in [0.05, 0.1) is 24.1 Å². The molecule has 5 nitrogen and oxygen atoms in total. The average molecular weight is 384 g/mol. The van der Waals surface area contributed by atoms with Gasteiger partial charge in [0.25, 0.3) is 0 Å². The molecule has 2 aromatic carbocycles. The molecule has 0 aliphatic heterocycles. The number of imidazole rings is 1. The predicted molar refractivity (Wildman–Crippen MR) is 108 cm³/mol. The number of rotatable bonds is 7. The summed E-state index contributed by atoms with van der Waals surface area (Å²) < 4.78 is 7.89. The zero-order chi connectivity index (χ0) is 19.2. The van der Waals surface area contributed by atoms with Gasteiger partial charge in [-0.25, -0.2) is 4.98 Å². The average Bonchev–Trinajstić information content (AvgIpc) is 2.99. The molecule has 0 spiro atoms. The van der Waals surface area contributed by atoms with E-state index in [4.69, 9.17) is 16.3 Å². The quantitative estimate of drug-likeness (QED) is 0.617. The van der Waals surface area contributed by atoms with Crippen molar-refractivity contribution in [3.63, 3.8) is 0 Å². The number of amides is 1. The normalized spacial score (nSPS) is 10.6. The summed E-state index contributed by atoms with van der Waals surface area (Å²) in [6.07, 6.45) is 1.58. The molecule has 3 aromatic rings. The van der Waals surface area contributed by atoms with Crippen molar-refractivity contribution in [1.82, 2.24) is 14.9 Å². The first kappa shape index (κ1) is 19.0. The van der Waals surface area contributed by atoms with Crippen LogP contribution < -0.4 is 10.1 Å². The van der Waals surface area contributed by atoms with Crippen molar-refractivity contribution in [3.05, 3.63) is 71.0 Å². The maximum atomic E-state index is 11.9. The van der Waals surface area contributed by atoms with Crippen LogP contribution in [0.15, 0.2) is 60.2 Å². The van der Waals surface area contributed by atoms with Gasteiger partial charge < -0.3 is 14.6 Å². The Balaban J connectivity index is 1.73. The van der Waals surface area contributed by atoms with Crippen molar-refractivity contribution in [1.29, 1.82) is 0 Å². The number of halogens is 1. The van der Waals surface area contributed by atoms with Crippen molar-refractivity contribution < 1.29 is 9.53 Å². The highest BCUT2D eigenvalue weighted by atomic mass is 35.5. The standard InChI is InChI=1S/C21H22ClN3O2/c1-15(2)13-21(26)23-14-20-24-18-5-3-4-6-19(18)25(20)11-12-27-17-9-7-16(22)8-10-17/h3-10,13H,11-12,14H2,1-2H3,(H,23,26). The van der Waals surface area contributed by atoms with E-state index in [2.05, 4.69) is 14.9 Å². The Bertz CT molecular complexity index is 957. The van der Waals surface area contributed by atoms with Crippen LogP contribution in [0.4, 0.5) is 0 Å². The molecule has 0 saturated heterocycles. The molecule has 6 heteroatoms. The van der Waals surface area contributed by atoms with Crippen LogP contribution >= 0.6 is 11.6 Å². The molecule has 0 unspecified atom stereocenters. The Morgan fingerprint density at radius 3 is 2.67 bits per heavy atom. The third-order valence-corrected chi connectivity index (χ3v) is 4.22. The van der Waals surface area contributed by atoms with Gasteiger partial charge >= 0.3 is 0 Å². The number of carbonyl (C=O) groups excluding carboxylic acids is 1. The van der Waals surface area contributed by atoms with Gasteiger partial charge in [-0.2, -0.15) is 0 Å². The monoisotopic (exact) mass is 383 g/mol. The largest absolute Gasteiger partial charge is 0.492 e. The summed E-state index contributed by atoms with van der Waals surface area (Å²) in [7, 11) is 0. The van der Waals surface area contributed by atoms with Gasteiger partial charge in [-0.1, -0.05) is 29.3 Å². The first-order valence-electron chi connectivity index (χ1n) is 8.78. The molecule has 0 saturated carbocycles. The second kappa shape index (κ2) is 8.73. The predicted octanol–water partition coefficient (Wildman–Crippen LogP) is 4.35. The Morgan fingerprint density at radius 1 is 1.19 bits per heavy atom. The number of para-hydroxylation sites is 2. The van der Waals surface area contributed by atoms with E-state index in [9.17, 15) is 4.79 Å². The number of benzene rings is 2. The Labute approximate surface area is 163 Å².